The van der Waals surface area contributed by atoms with Crippen LogP contribution in [0.15, 0.2) is 59.5 Å². The van der Waals surface area contributed by atoms with Crippen molar-refractivity contribution >= 4 is 45.7 Å². The van der Waals surface area contributed by atoms with E-state index in [0.717, 1.165) is 24.0 Å². The lowest BCUT2D eigenvalue weighted by Gasteiger charge is -2.32. The number of hydrogen-bond acceptors (Lipinski definition) is 4. The molecule has 5 heteroatoms. The largest absolute Gasteiger partial charge is 0.505 e. The van der Waals surface area contributed by atoms with Crippen molar-refractivity contribution in [1.82, 2.24) is 0 Å². The number of rotatable bonds is 7. The molecule has 0 radical (unpaired) electrons. The van der Waals surface area contributed by atoms with Gasteiger partial charge in [0.25, 0.3) is 0 Å². The molecular weight excluding hydrogens is 443 g/mol. The average Bonchev–Trinajstić information content (AvgIpc) is 3.56. The third kappa shape index (κ3) is 4.66. The fourth-order valence-corrected chi connectivity index (χ4v) is 6.51. The summed E-state index contributed by atoms with van der Waals surface area (Å²) in [7, 11) is -0.270. The van der Waals surface area contributed by atoms with E-state index < -0.39 is 0 Å². The van der Waals surface area contributed by atoms with E-state index in [1.807, 2.05) is 11.3 Å². The van der Waals surface area contributed by atoms with Crippen molar-refractivity contribution in [2.24, 2.45) is 5.92 Å². The van der Waals surface area contributed by atoms with Crippen LogP contribution in [0.3, 0.4) is 0 Å². The molecule has 3 aliphatic rings. The second-order valence-electron chi connectivity index (χ2n) is 10.5. The monoisotopic (exact) mass is 476 g/mol. The molecule has 5 rings (SSSR count). The highest BCUT2D eigenvalue weighted by Gasteiger charge is 2.52. The number of thiophene rings is 2. The molecular formula is C28H33BO2S2. The summed E-state index contributed by atoms with van der Waals surface area (Å²) in [4.78, 5) is 2.76. The quantitative estimate of drug-likeness (QED) is 0.387. The van der Waals surface area contributed by atoms with Crippen LogP contribution >= 0.6 is 22.7 Å². The van der Waals surface area contributed by atoms with Gasteiger partial charge in [0.15, 0.2) is 0 Å². The van der Waals surface area contributed by atoms with Crippen molar-refractivity contribution in [1.29, 1.82) is 0 Å². The van der Waals surface area contributed by atoms with Crippen LogP contribution in [0.25, 0.3) is 11.1 Å². The Morgan fingerprint density at radius 2 is 1.82 bits per heavy atom. The Bertz CT molecular complexity index is 1140. The molecule has 1 aliphatic heterocycles. The van der Waals surface area contributed by atoms with Crippen molar-refractivity contribution in [3.63, 3.8) is 0 Å². The second kappa shape index (κ2) is 8.85. The standard InChI is InChI=1S/C28H33BO2S2/c1-19(10-11-20-16-25(32-18-20)21-8-6-7-9-21)22-12-13-23(17-22)24-14-15-26(33-24)29-30-27(2,3)28(4,5)31-29/h6-8,12,14-19H,9-11,13H2,1-5H3/t19-/m0/s1. The summed E-state index contributed by atoms with van der Waals surface area (Å²) in [5.74, 6) is 0.570. The van der Waals surface area contributed by atoms with E-state index in [1.54, 1.807) is 11.3 Å². The highest BCUT2D eigenvalue weighted by Crippen LogP contribution is 2.39. The van der Waals surface area contributed by atoms with Crippen LogP contribution < -0.4 is 4.78 Å². The van der Waals surface area contributed by atoms with Gasteiger partial charge in [-0.05, 0) is 99.1 Å². The van der Waals surface area contributed by atoms with Crippen LogP contribution in [0.1, 0.15) is 69.2 Å². The van der Waals surface area contributed by atoms with Crippen LogP contribution in [0.5, 0.6) is 0 Å². The minimum atomic E-state index is -0.299. The van der Waals surface area contributed by atoms with Gasteiger partial charge in [0.1, 0.15) is 0 Å². The maximum atomic E-state index is 6.24. The Morgan fingerprint density at radius 1 is 1.03 bits per heavy atom. The van der Waals surface area contributed by atoms with E-state index in [-0.39, 0.29) is 18.3 Å². The highest BCUT2D eigenvalue weighted by molar-refractivity contribution is 7.23. The van der Waals surface area contributed by atoms with Gasteiger partial charge < -0.3 is 9.31 Å². The van der Waals surface area contributed by atoms with E-state index >= 15 is 0 Å². The van der Waals surface area contributed by atoms with Gasteiger partial charge in [0, 0.05) is 14.5 Å². The Labute approximate surface area is 206 Å². The molecule has 0 N–H and O–H groups in total. The van der Waals surface area contributed by atoms with E-state index in [4.69, 9.17) is 9.31 Å². The molecule has 33 heavy (non-hydrogen) atoms. The fraction of sp³-hybridized carbons (Fsp3) is 0.429. The Balaban J connectivity index is 1.19. The zero-order valence-electron chi connectivity index (χ0n) is 20.3. The topological polar surface area (TPSA) is 18.5 Å². The maximum Gasteiger partial charge on any atom is 0.505 e. The summed E-state index contributed by atoms with van der Waals surface area (Å²) in [6.07, 6.45) is 15.9. The SMILES string of the molecule is C[C@@H](CCc1csc(C2=CC=CC2)c1)C1=CCC(c2ccc(B3OC(C)(C)C(C)(C)O3)s2)=C1. The third-order valence-corrected chi connectivity index (χ3v) is 9.74. The van der Waals surface area contributed by atoms with Crippen molar-refractivity contribution < 1.29 is 9.31 Å². The van der Waals surface area contributed by atoms with E-state index in [2.05, 4.69) is 88.6 Å². The minimum absolute atomic E-state index is 0.270. The van der Waals surface area contributed by atoms with E-state index in [1.165, 1.54) is 38.5 Å². The highest BCUT2D eigenvalue weighted by atomic mass is 32.1. The molecule has 3 heterocycles. The molecule has 0 unspecified atom stereocenters. The first-order valence-electron chi connectivity index (χ1n) is 12.0. The molecule has 2 aromatic rings. The first kappa shape index (κ1) is 23.1. The van der Waals surface area contributed by atoms with E-state index in [9.17, 15) is 0 Å². The average molecular weight is 477 g/mol. The molecule has 2 aliphatic carbocycles. The Morgan fingerprint density at radius 3 is 2.55 bits per heavy atom. The molecule has 0 bridgehead atoms. The summed E-state index contributed by atoms with van der Waals surface area (Å²) in [6, 6.07) is 6.80. The van der Waals surface area contributed by atoms with Gasteiger partial charge in [-0.3, -0.25) is 0 Å². The van der Waals surface area contributed by atoms with Crippen LogP contribution in [0, 0.1) is 5.92 Å². The molecule has 1 fully saturated rings. The first-order valence-corrected chi connectivity index (χ1v) is 13.7. The zero-order chi connectivity index (χ0) is 23.2. The molecule has 172 valence electrons. The molecule has 0 aromatic carbocycles. The molecule has 2 aromatic heterocycles. The van der Waals surface area contributed by atoms with Crippen LogP contribution in [-0.4, -0.2) is 18.3 Å². The molecule has 2 nitrogen and oxygen atoms in total. The van der Waals surface area contributed by atoms with Gasteiger partial charge in [-0.15, -0.1) is 22.7 Å². The van der Waals surface area contributed by atoms with Gasteiger partial charge in [0.05, 0.1) is 11.2 Å². The second-order valence-corrected chi connectivity index (χ2v) is 12.5. The van der Waals surface area contributed by atoms with Crippen molar-refractivity contribution in [3.05, 3.63) is 74.9 Å². The van der Waals surface area contributed by atoms with Crippen molar-refractivity contribution in [3.8, 4) is 0 Å². The van der Waals surface area contributed by atoms with Gasteiger partial charge in [-0.2, -0.15) is 0 Å². The fourth-order valence-electron chi connectivity index (χ4n) is 4.53. The third-order valence-electron chi connectivity index (χ3n) is 7.50. The van der Waals surface area contributed by atoms with Gasteiger partial charge in [0.2, 0.25) is 0 Å². The molecule has 1 atom stereocenters. The van der Waals surface area contributed by atoms with Gasteiger partial charge in [-0.1, -0.05) is 43.4 Å². The van der Waals surface area contributed by atoms with Crippen LogP contribution in [-0.2, 0) is 15.7 Å². The number of aryl methyl sites for hydroxylation is 1. The molecule has 0 saturated carbocycles. The summed E-state index contributed by atoms with van der Waals surface area (Å²) >= 11 is 3.69. The van der Waals surface area contributed by atoms with Crippen molar-refractivity contribution in [2.75, 3.05) is 0 Å². The van der Waals surface area contributed by atoms with E-state index in [0.29, 0.717) is 5.92 Å². The normalized spacial score (nSPS) is 22.0. The zero-order valence-corrected chi connectivity index (χ0v) is 21.9. The minimum Gasteiger partial charge on any atom is -0.399 e. The predicted molar refractivity (Wildman–Crippen MR) is 144 cm³/mol. The molecule has 0 amide bonds. The maximum absolute atomic E-state index is 6.24. The van der Waals surface area contributed by atoms with Crippen LogP contribution in [0.2, 0.25) is 0 Å². The Kier molecular flexibility index (Phi) is 6.19. The van der Waals surface area contributed by atoms with Crippen LogP contribution in [0.4, 0.5) is 0 Å². The summed E-state index contributed by atoms with van der Waals surface area (Å²) in [6.45, 7) is 10.8. The lowest BCUT2D eigenvalue weighted by atomic mass is 9.88. The lowest BCUT2D eigenvalue weighted by Crippen LogP contribution is -2.41. The van der Waals surface area contributed by atoms with Gasteiger partial charge >= 0.3 is 7.12 Å². The summed E-state index contributed by atoms with van der Waals surface area (Å²) in [5.41, 5.74) is 5.24. The van der Waals surface area contributed by atoms with Gasteiger partial charge in [-0.25, -0.2) is 0 Å². The summed E-state index contributed by atoms with van der Waals surface area (Å²) in [5, 5.41) is 2.34. The predicted octanol–water partition coefficient (Wildman–Crippen LogP) is 7.43. The lowest BCUT2D eigenvalue weighted by molar-refractivity contribution is 0.00578. The number of hydrogen-bond donors (Lipinski definition) is 0. The molecule has 1 saturated heterocycles. The number of allylic oxidation sites excluding steroid dienone is 8. The first-order chi connectivity index (χ1) is 15.7. The summed E-state index contributed by atoms with van der Waals surface area (Å²) < 4.78 is 13.6. The molecule has 0 spiro atoms. The Hall–Kier alpha value is -1.66. The van der Waals surface area contributed by atoms with Crippen molar-refractivity contribution in [2.45, 2.75) is 71.5 Å². The smallest absolute Gasteiger partial charge is 0.399 e.